The molecular weight excluding hydrogens is 547 g/mol. The maximum absolute atomic E-state index is 14.4. The summed E-state index contributed by atoms with van der Waals surface area (Å²) in [6.07, 6.45) is 1.14. The van der Waals surface area contributed by atoms with E-state index >= 15 is 0 Å². The standard InChI is InChI=1S/C26H18ClFN6O2S2/c27-17-5-2-1-4-13(17)12-37-25-33-32-24(38-25)34-19-6-3-7-20(35)21(19)26(16(11-29)22(34)30)15-10-14(28)8-9-18(15)31-23(26)36/h1-2,4-5,8-10H,3,6-7,12,30H2,(H,31,36)/t26-/m0/s1. The second kappa shape index (κ2) is 9.23. The molecule has 0 saturated heterocycles. The fourth-order valence-corrected chi connectivity index (χ4v) is 7.45. The SMILES string of the molecule is N#CC1=C(N)N(c2nnc(SCc3ccccc3Cl)s2)C2=C(C(=O)CCC2)[C@@]12C(=O)Nc1ccc(F)cc12. The van der Waals surface area contributed by atoms with E-state index in [1.54, 1.807) is 4.90 Å². The van der Waals surface area contributed by atoms with E-state index in [9.17, 15) is 19.2 Å². The van der Waals surface area contributed by atoms with E-state index in [-0.39, 0.29) is 34.7 Å². The monoisotopic (exact) mass is 564 g/mol. The van der Waals surface area contributed by atoms with Gasteiger partial charge in [0.2, 0.25) is 11.0 Å². The Labute approximate surface area is 230 Å². The molecule has 0 fully saturated rings. The summed E-state index contributed by atoms with van der Waals surface area (Å²) >= 11 is 8.97. The third-order valence-corrected chi connectivity index (χ3v) is 9.34. The molecule has 0 unspecified atom stereocenters. The van der Waals surface area contributed by atoms with E-state index in [2.05, 4.69) is 21.6 Å². The van der Waals surface area contributed by atoms with Crippen molar-refractivity contribution in [3.05, 3.63) is 87.1 Å². The first-order chi connectivity index (χ1) is 18.4. The highest BCUT2D eigenvalue weighted by Gasteiger charge is 2.60. The molecule has 1 aliphatic carbocycles. The van der Waals surface area contributed by atoms with Crippen molar-refractivity contribution in [3.8, 4) is 6.07 Å². The summed E-state index contributed by atoms with van der Waals surface area (Å²) in [5.41, 5.74) is 6.73. The lowest BCUT2D eigenvalue weighted by atomic mass is 9.64. The lowest BCUT2D eigenvalue weighted by molar-refractivity contribution is -0.122. The minimum absolute atomic E-state index is 0.0352. The first-order valence-electron chi connectivity index (χ1n) is 11.6. The Morgan fingerprint density at radius 2 is 2.05 bits per heavy atom. The summed E-state index contributed by atoms with van der Waals surface area (Å²) in [6.45, 7) is 0. The number of thioether (sulfide) groups is 1. The Morgan fingerprint density at radius 3 is 2.84 bits per heavy atom. The molecule has 2 aliphatic heterocycles. The van der Waals surface area contributed by atoms with Crippen LogP contribution in [-0.4, -0.2) is 21.9 Å². The number of halogens is 2. The van der Waals surface area contributed by atoms with Crippen LogP contribution in [0.3, 0.4) is 0 Å². The normalized spacial score (nSPS) is 20.5. The van der Waals surface area contributed by atoms with E-state index < -0.39 is 17.1 Å². The molecule has 8 nitrogen and oxygen atoms in total. The van der Waals surface area contributed by atoms with Gasteiger partial charge >= 0.3 is 0 Å². The van der Waals surface area contributed by atoms with Crippen LogP contribution in [0, 0.1) is 17.1 Å². The number of hydrogen-bond acceptors (Lipinski definition) is 9. The number of allylic oxidation sites excluding steroid dienone is 1. The van der Waals surface area contributed by atoms with Gasteiger partial charge in [-0.25, -0.2) is 4.39 Å². The number of nitrogens with one attached hydrogen (secondary N) is 1. The van der Waals surface area contributed by atoms with Gasteiger partial charge in [0, 0.05) is 39.7 Å². The van der Waals surface area contributed by atoms with Gasteiger partial charge in [-0.3, -0.25) is 14.5 Å². The highest BCUT2D eigenvalue weighted by Crippen LogP contribution is 2.55. The van der Waals surface area contributed by atoms with Crippen LogP contribution in [0.25, 0.3) is 0 Å². The first kappa shape index (κ1) is 24.6. The molecule has 6 rings (SSSR count). The molecule has 1 aromatic heterocycles. The summed E-state index contributed by atoms with van der Waals surface area (Å²) in [5.74, 6) is -0.948. The van der Waals surface area contributed by atoms with Gasteiger partial charge in [-0.15, -0.1) is 10.2 Å². The number of carbonyl (C=O) groups excluding carboxylic acids is 2. The van der Waals surface area contributed by atoms with E-state index in [0.717, 1.165) is 5.56 Å². The summed E-state index contributed by atoms with van der Waals surface area (Å²) in [4.78, 5) is 28.7. The van der Waals surface area contributed by atoms with Crippen LogP contribution >= 0.6 is 34.7 Å². The molecule has 0 bridgehead atoms. The molecule has 3 N–H and O–H groups in total. The highest BCUT2D eigenvalue weighted by molar-refractivity contribution is 8.00. The zero-order valence-electron chi connectivity index (χ0n) is 19.6. The van der Waals surface area contributed by atoms with Crippen LogP contribution < -0.4 is 16.0 Å². The molecule has 3 heterocycles. The van der Waals surface area contributed by atoms with Gasteiger partial charge in [0.1, 0.15) is 23.1 Å². The van der Waals surface area contributed by atoms with Crippen molar-refractivity contribution < 1.29 is 14.0 Å². The number of carbonyl (C=O) groups is 2. The van der Waals surface area contributed by atoms with Crippen molar-refractivity contribution >= 4 is 57.2 Å². The molecule has 190 valence electrons. The van der Waals surface area contributed by atoms with Crippen molar-refractivity contribution in [3.63, 3.8) is 0 Å². The largest absolute Gasteiger partial charge is 0.384 e. The summed E-state index contributed by atoms with van der Waals surface area (Å²) < 4.78 is 15.1. The number of rotatable bonds is 4. The molecule has 0 saturated carbocycles. The summed E-state index contributed by atoms with van der Waals surface area (Å²) in [5, 5.41) is 22.7. The third kappa shape index (κ3) is 3.55. The van der Waals surface area contributed by atoms with Crippen molar-refractivity contribution in [2.24, 2.45) is 5.73 Å². The molecule has 2 aromatic carbocycles. The van der Waals surface area contributed by atoms with Gasteiger partial charge < -0.3 is 11.1 Å². The molecule has 3 aromatic rings. The zero-order chi connectivity index (χ0) is 26.6. The quantitative estimate of drug-likeness (QED) is 0.422. The number of nitrogens with zero attached hydrogens (tertiary/aromatic N) is 4. The van der Waals surface area contributed by atoms with Gasteiger partial charge in [-0.05, 0) is 42.7 Å². The van der Waals surface area contributed by atoms with Crippen molar-refractivity contribution in [2.75, 3.05) is 10.2 Å². The molecule has 38 heavy (non-hydrogen) atoms. The van der Waals surface area contributed by atoms with E-state index in [4.69, 9.17) is 17.3 Å². The van der Waals surface area contributed by atoms with Crippen LogP contribution in [0.15, 0.2) is 69.5 Å². The predicted molar refractivity (Wildman–Crippen MR) is 143 cm³/mol. The number of nitrogens with two attached hydrogens (primary N) is 1. The summed E-state index contributed by atoms with van der Waals surface area (Å²) in [7, 11) is 0. The van der Waals surface area contributed by atoms with E-state index in [1.807, 2.05) is 24.3 Å². The minimum Gasteiger partial charge on any atom is -0.384 e. The predicted octanol–water partition coefficient (Wildman–Crippen LogP) is 5.03. The zero-order valence-corrected chi connectivity index (χ0v) is 22.0. The van der Waals surface area contributed by atoms with Crippen LogP contribution in [0.1, 0.15) is 30.4 Å². The Hall–Kier alpha value is -3.72. The average Bonchev–Trinajstić information content (AvgIpc) is 3.47. The number of aromatic nitrogens is 2. The maximum Gasteiger partial charge on any atom is 0.245 e. The van der Waals surface area contributed by atoms with Gasteiger partial charge in [0.15, 0.2) is 10.1 Å². The van der Waals surface area contributed by atoms with Gasteiger partial charge in [-0.2, -0.15) is 5.26 Å². The van der Waals surface area contributed by atoms with Crippen molar-refractivity contribution in [1.82, 2.24) is 10.2 Å². The molecule has 3 aliphatic rings. The fourth-order valence-electron chi connectivity index (χ4n) is 5.29. The highest BCUT2D eigenvalue weighted by atomic mass is 35.5. The molecule has 1 amide bonds. The number of nitriles is 1. The van der Waals surface area contributed by atoms with Crippen LogP contribution in [0.4, 0.5) is 15.2 Å². The Kier molecular flexibility index (Phi) is 5.98. The van der Waals surface area contributed by atoms with Crippen LogP contribution in [-0.2, 0) is 20.8 Å². The number of fused-ring (bicyclic) bond motifs is 3. The molecule has 12 heteroatoms. The molecule has 0 radical (unpaired) electrons. The molecule has 1 spiro atoms. The van der Waals surface area contributed by atoms with Gasteiger partial charge in [-0.1, -0.05) is 52.9 Å². The summed E-state index contributed by atoms with van der Waals surface area (Å²) in [6, 6.07) is 13.4. The number of ketones is 1. The van der Waals surface area contributed by atoms with Crippen LogP contribution in [0.5, 0.6) is 0 Å². The Balaban J connectivity index is 1.48. The second-order valence-electron chi connectivity index (χ2n) is 8.93. The number of anilines is 2. The minimum atomic E-state index is -1.83. The maximum atomic E-state index is 14.4. The van der Waals surface area contributed by atoms with Crippen molar-refractivity contribution in [2.45, 2.75) is 34.8 Å². The van der Waals surface area contributed by atoms with Crippen molar-refractivity contribution in [1.29, 1.82) is 5.26 Å². The smallest absolute Gasteiger partial charge is 0.245 e. The average molecular weight is 565 g/mol. The Bertz CT molecular complexity index is 1640. The third-order valence-electron chi connectivity index (χ3n) is 6.88. The van der Waals surface area contributed by atoms with Gasteiger partial charge in [0.25, 0.3) is 0 Å². The number of benzene rings is 2. The lowest BCUT2D eigenvalue weighted by Crippen LogP contribution is -2.50. The number of amides is 1. The molecule has 1 atom stereocenters. The van der Waals surface area contributed by atoms with Crippen LogP contribution in [0.2, 0.25) is 5.02 Å². The number of Topliss-reactive ketones (excluding diaryl/α,β-unsaturated/α-hetero) is 1. The first-order valence-corrected chi connectivity index (χ1v) is 13.8. The second-order valence-corrected chi connectivity index (χ2v) is 11.5. The number of hydrogen-bond donors (Lipinski definition) is 2. The van der Waals surface area contributed by atoms with Gasteiger partial charge in [0.05, 0.1) is 5.57 Å². The molecular formula is C26H18ClFN6O2S2. The van der Waals surface area contributed by atoms with E-state index in [1.165, 1.54) is 41.3 Å². The van der Waals surface area contributed by atoms with E-state index in [0.29, 0.717) is 44.5 Å². The Morgan fingerprint density at radius 1 is 1.24 bits per heavy atom. The fraction of sp³-hybridized carbons (Fsp3) is 0.192. The lowest BCUT2D eigenvalue weighted by Gasteiger charge is -2.42. The topological polar surface area (TPSA) is 125 Å².